The van der Waals surface area contributed by atoms with Gasteiger partial charge in [0.15, 0.2) is 0 Å². The molecule has 20 heavy (non-hydrogen) atoms. The number of carbonyl (C=O) groups excluding carboxylic acids is 1. The monoisotopic (exact) mass is 348 g/mol. The Kier molecular flexibility index (Phi) is 4.65. The lowest BCUT2D eigenvalue weighted by Crippen LogP contribution is -2.60. The maximum absolute atomic E-state index is 12.8. The number of ether oxygens (including phenoxy) is 1. The van der Waals surface area contributed by atoms with Gasteiger partial charge in [-0.15, -0.1) is 0 Å². The van der Waals surface area contributed by atoms with Gasteiger partial charge < -0.3 is 0 Å². The van der Waals surface area contributed by atoms with Crippen LogP contribution in [0.25, 0.3) is 0 Å². The highest BCUT2D eigenvalue weighted by Crippen LogP contribution is 2.51. The molecular formula is C6ClF11O2. The Morgan fingerprint density at radius 3 is 1.30 bits per heavy atom. The minimum Gasteiger partial charge on any atom is -0.274 e. The molecule has 2 nitrogen and oxygen atoms in total. The average Bonchev–Trinajstić information content (AvgIpc) is 2.12. The summed E-state index contributed by atoms with van der Waals surface area (Å²) in [7, 11) is 0. The topological polar surface area (TPSA) is 26.3 Å². The van der Waals surface area contributed by atoms with Crippen LogP contribution in [0.4, 0.5) is 48.3 Å². The van der Waals surface area contributed by atoms with Crippen molar-refractivity contribution in [3.63, 3.8) is 0 Å². The smallest absolute Gasteiger partial charge is 0.274 e. The molecule has 120 valence electrons. The lowest BCUT2D eigenvalue weighted by molar-refractivity contribution is -0.471. The molecular weight excluding hydrogens is 348 g/mol. The largest absolute Gasteiger partial charge is 0.462 e. The van der Waals surface area contributed by atoms with Gasteiger partial charge in [-0.05, 0) is 11.6 Å². The Bertz CT molecular complexity index is 385. The summed E-state index contributed by atoms with van der Waals surface area (Å²) in [6.45, 7) is 0. The minimum atomic E-state index is -7.21. The molecule has 1 atom stereocenters. The van der Waals surface area contributed by atoms with Crippen molar-refractivity contribution >= 4 is 16.8 Å². The lowest BCUT2D eigenvalue weighted by Gasteiger charge is -2.33. The maximum Gasteiger partial charge on any atom is 0.462 e. The third kappa shape index (κ3) is 3.07. The molecule has 0 radical (unpaired) electrons. The summed E-state index contributed by atoms with van der Waals surface area (Å²) < 4.78 is 134. The summed E-state index contributed by atoms with van der Waals surface area (Å²) in [4.78, 5) is 10.1. The highest BCUT2D eigenvalue weighted by Gasteiger charge is 2.79. The van der Waals surface area contributed by atoms with Gasteiger partial charge in [0.1, 0.15) is 0 Å². The van der Waals surface area contributed by atoms with Crippen molar-refractivity contribution in [1.82, 2.24) is 0 Å². The van der Waals surface area contributed by atoms with Crippen LogP contribution >= 0.6 is 11.6 Å². The van der Waals surface area contributed by atoms with Gasteiger partial charge in [-0.1, -0.05) is 0 Å². The molecule has 0 aromatic carbocycles. The van der Waals surface area contributed by atoms with E-state index < -0.39 is 35.5 Å². The van der Waals surface area contributed by atoms with E-state index in [2.05, 4.69) is 11.6 Å². The second kappa shape index (κ2) is 4.86. The minimum absolute atomic E-state index is 1.77. The first-order valence-corrected chi connectivity index (χ1v) is 4.26. The van der Waals surface area contributed by atoms with Gasteiger partial charge in [0.05, 0.1) is 0 Å². The van der Waals surface area contributed by atoms with Gasteiger partial charge in [-0.3, -0.25) is 9.53 Å². The fraction of sp³-hybridized carbons (Fsp3) is 0.833. The van der Waals surface area contributed by atoms with Crippen LogP contribution in [0.2, 0.25) is 0 Å². The summed E-state index contributed by atoms with van der Waals surface area (Å²) in [5.74, 6) is -13.5. The molecule has 14 heteroatoms. The first kappa shape index (κ1) is 19.1. The molecule has 0 fully saturated rings. The summed E-state index contributed by atoms with van der Waals surface area (Å²) in [6.07, 6.45) is -20.9. The molecule has 0 aromatic heterocycles. The van der Waals surface area contributed by atoms with Crippen LogP contribution in [-0.4, -0.2) is 35.5 Å². The molecule has 0 aliphatic carbocycles. The Morgan fingerprint density at radius 1 is 0.750 bits per heavy atom. The van der Waals surface area contributed by atoms with Crippen LogP contribution < -0.4 is 0 Å². The van der Waals surface area contributed by atoms with Crippen LogP contribution in [0.5, 0.6) is 0 Å². The second-order valence-electron chi connectivity index (χ2n) is 3.06. The van der Waals surface area contributed by atoms with Gasteiger partial charge >= 0.3 is 30.2 Å². The van der Waals surface area contributed by atoms with Crippen LogP contribution in [0.3, 0.4) is 0 Å². The normalized spacial score (nSPS) is 17.8. The molecule has 0 N–H and O–H groups in total. The fourth-order valence-corrected chi connectivity index (χ4v) is 0.761. The Balaban J connectivity index is 5.73. The van der Waals surface area contributed by atoms with E-state index >= 15 is 0 Å². The van der Waals surface area contributed by atoms with E-state index in [1.54, 1.807) is 4.74 Å². The molecule has 0 amide bonds. The average molecular weight is 348 g/mol. The van der Waals surface area contributed by atoms with Crippen LogP contribution in [-0.2, 0) is 9.53 Å². The number of carbonyl (C=O) groups is 1. The SMILES string of the molecule is O=C(Cl)[C@](F)(OC(F)(F)C(F)(F)C(F)(F)F)C(F)(F)F. The maximum atomic E-state index is 12.8. The number of rotatable bonds is 4. The van der Waals surface area contributed by atoms with E-state index in [0.29, 0.717) is 0 Å². The Morgan fingerprint density at radius 2 is 1.10 bits per heavy atom. The molecule has 0 saturated heterocycles. The van der Waals surface area contributed by atoms with Crippen molar-refractivity contribution in [2.75, 3.05) is 0 Å². The van der Waals surface area contributed by atoms with Crippen LogP contribution in [0.1, 0.15) is 0 Å². The highest BCUT2D eigenvalue weighted by atomic mass is 35.5. The number of hydrogen-bond acceptors (Lipinski definition) is 2. The quantitative estimate of drug-likeness (QED) is 0.571. The zero-order valence-electron chi connectivity index (χ0n) is 8.35. The number of halogens is 12. The van der Waals surface area contributed by atoms with Crippen molar-refractivity contribution in [3.05, 3.63) is 0 Å². The predicted octanol–water partition coefficient (Wildman–Crippen LogP) is 3.79. The van der Waals surface area contributed by atoms with E-state index in [9.17, 15) is 53.1 Å². The summed E-state index contributed by atoms with van der Waals surface area (Å²) in [6, 6.07) is 0. The molecule has 0 aliphatic heterocycles. The van der Waals surface area contributed by atoms with E-state index in [0.717, 1.165) is 0 Å². The van der Waals surface area contributed by atoms with E-state index in [1.807, 2.05) is 0 Å². The zero-order chi connectivity index (χ0) is 16.8. The summed E-state index contributed by atoms with van der Waals surface area (Å²) in [5.41, 5.74) is 0. The first-order chi connectivity index (χ1) is 8.40. The second-order valence-corrected chi connectivity index (χ2v) is 3.40. The third-order valence-corrected chi connectivity index (χ3v) is 1.85. The molecule has 0 unspecified atom stereocenters. The van der Waals surface area contributed by atoms with E-state index in [4.69, 9.17) is 0 Å². The van der Waals surface area contributed by atoms with Gasteiger partial charge in [0, 0.05) is 0 Å². The van der Waals surface area contributed by atoms with Gasteiger partial charge in [-0.25, -0.2) is 0 Å². The molecule has 0 saturated carbocycles. The van der Waals surface area contributed by atoms with Crippen molar-refractivity contribution in [3.8, 4) is 0 Å². The molecule has 0 aliphatic rings. The van der Waals surface area contributed by atoms with Crippen LogP contribution in [0, 0.1) is 0 Å². The van der Waals surface area contributed by atoms with Crippen molar-refractivity contribution in [2.24, 2.45) is 0 Å². The molecule has 0 bridgehead atoms. The highest BCUT2D eigenvalue weighted by molar-refractivity contribution is 6.65. The van der Waals surface area contributed by atoms with Crippen molar-refractivity contribution in [1.29, 1.82) is 0 Å². The predicted molar refractivity (Wildman–Crippen MR) is 37.8 cm³/mol. The summed E-state index contributed by atoms with van der Waals surface area (Å²) in [5, 5.41) is -3.41. The summed E-state index contributed by atoms with van der Waals surface area (Å²) >= 11 is 3.92. The van der Waals surface area contributed by atoms with Crippen molar-refractivity contribution in [2.45, 2.75) is 30.2 Å². The number of alkyl halides is 11. The molecule has 0 spiro atoms. The lowest BCUT2D eigenvalue weighted by atomic mass is 10.2. The molecule has 0 heterocycles. The zero-order valence-corrected chi connectivity index (χ0v) is 9.11. The third-order valence-electron chi connectivity index (χ3n) is 1.61. The van der Waals surface area contributed by atoms with E-state index in [-0.39, 0.29) is 0 Å². The van der Waals surface area contributed by atoms with Crippen molar-refractivity contribution < 1.29 is 57.8 Å². The Labute approximate surface area is 106 Å². The number of hydrogen-bond donors (Lipinski definition) is 0. The van der Waals surface area contributed by atoms with Crippen LogP contribution in [0.15, 0.2) is 0 Å². The molecule has 0 aromatic rings. The van der Waals surface area contributed by atoms with Gasteiger partial charge in [-0.2, -0.15) is 48.3 Å². The van der Waals surface area contributed by atoms with Gasteiger partial charge in [0.2, 0.25) is 0 Å². The Hall–Kier alpha value is -0.850. The standard InChI is InChI=1S/C6ClF11O2/c7-1(19)2(8,4(11,12)13)20-6(17,18)3(9,10)5(14,15)16/t2-/m0/s1. The fourth-order valence-electron chi connectivity index (χ4n) is 0.615. The first-order valence-electron chi connectivity index (χ1n) is 3.88. The van der Waals surface area contributed by atoms with E-state index in [1.165, 1.54) is 0 Å². The van der Waals surface area contributed by atoms with Gasteiger partial charge in [0.25, 0.3) is 5.24 Å². The molecule has 0 rings (SSSR count).